The minimum atomic E-state index is -0.0201. The number of nitrogens with one attached hydrogen (secondary N) is 1. The Labute approximate surface area is 121 Å². The van der Waals surface area contributed by atoms with Crippen molar-refractivity contribution in [3.05, 3.63) is 29.3 Å². The lowest BCUT2D eigenvalue weighted by atomic mass is 9.87. The molecule has 0 aromatic heterocycles. The van der Waals surface area contributed by atoms with E-state index in [1.165, 1.54) is 24.0 Å². The normalized spacial score (nSPS) is 17.4. The molecule has 1 N–H and O–H groups in total. The maximum absolute atomic E-state index is 11.5. The highest BCUT2D eigenvalue weighted by atomic mass is 16.5. The van der Waals surface area contributed by atoms with Gasteiger partial charge >= 0.3 is 0 Å². The number of aryl methyl sites for hydroxylation is 1. The second-order valence-corrected chi connectivity index (χ2v) is 5.44. The van der Waals surface area contributed by atoms with Crippen LogP contribution < -0.4 is 10.1 Å². The van der Waals surface area contributed by atoms with Crippen molar-refractivity contribution in [2.45, 2.75) is 32.2 Å². The molecule has 1 amide bonds. The third kappa shape index (κ3) is 3.51. The average Bonchev–Trinajstić information content (AvgIpc) is 2.45. The topological polar surface area (TPSA) is 41.6 Å². The smallest absolute Gasteiger partial charge is 0.259 e. The fraction of sp³-hybridized carbons (Fsp3) is 0.562. The molecule has 110 valence electrons. The van der Waals surface area contributed by atoms with E-state index in [0.29, 0.717) is 6.04 Å². The van der Waals surface area contributed by atoms with Gasteiger partial charge < -0.3 is 15.0 Å². The zero-order valence-corrected chi connectivity index (χ0v) is 12.6. The standard InChI is InChI=1S/C16H24N2O2/c1-4-17-15-7-5-6-12-10-13(8-9-14(12)15)20-11-16(19)18(2)3/h8-10,15,17H,4-7,11H2,1-3H3. The summed E-state index contributed by atoms with van der Waals surface area (Å²) in [6.45, 7) is 3.22. The Kier molecular flexibility index (Phi) is 5.01. The zero-order valence-electron chi connectivity index (χ0n) is 12.6. The van der Waals surface area contributed by atoms with Crippen molar-refractivity contribution in [3.63, 3.8) is 0 Å². The van der Waals surface area contributed by atoms with E-state index < -0.39 is 0 Å². The molecule has 0 radical (unpaired) electrons. The van der Waals surface area contributed by atoms with Crippen molar-refractivity contribution in [1.29, 1.82) is 0 Å². The number of hydrogen-bond donors (Lipinski definition) is 1. The molecule has 0 saturated heterocycles. The Bertz CT molecular complexity index is 472. The Hall–Kier alpha value is -1.55. The predicted molar refractivity (Wildman–Crippen MR) is 80.0 cm³/mol. The quantitative estimate of drug-likeness (QED) is 0.896. The number of nitrogens with zero attached hydrogens (tertiary/aromatic N) is 1. The second kappa shape index (κ2) is 6.75. The van der Waals surface area contributed by atoms with Crippen LogP contribution in [0.4, 0.5) is 0 Å². The molecule has 4 heteroatoms. The van der Waals surface area contributed by atoms with E-state index in [9.17, 15) is 4.79 Å². The Morgan fingerprint density at radius 1 is 1.45 bits per heavy atom. The minimum Gasteiger partial charge on any atom is -0.484 e. The van der Waals surface area contributed by atoms with Crippen molar-refractivity contribution in [1.82, 2.24) is 10.2 Å². The number of benzene rings is 1. The highest BCUT2D eigenvalue weighted by molar-refractivity contribution is 5.77. The molecule has 1 aromatic rings. The van der Waals surface area contributed by atoms with Gasteiger partial charge in [0.2, 0.25) is 0 Å². The monoisotopic (exact) mass is 276 g/mol. The number of hydrogen-bond acceptors (Lipinski definition) is 3. The molecule has 1 aliphatic rings. The van der Waals surface area contributed by atoms with Crippen LogP contribution in [0.5, 0.6) is 5.75 Å². The predicted octanol–water partition coefficient (Wildman–Crippen LogP) is 2.14. The van der Waals surface area contributed by atoms with Crippen LogP contribution >= 0.6 is 0 Å². The van der Waals surface area contributed by atoms with Crippen LogP contribution in [-0.4, -0.2) is 38.1 Å². The lowest BCUT2D eigenvalue weighted by Crippen LogP contribution is -2.27. The van der Waals surface area contributed by atoms with Crippen molar-refractivity contribution >= 4 is 5.91 Å². The third-order valence-corrected chi connectivity index (χ3v) is 3.74. The van der Waals surface area contributed by atoms with Crippen LogP contribution in [0.1, 0.15) is 36.9 Å². The van der Waals surface area contributed by atoms with Gasteiger partial charge in [-0.15, -0.1) is 0 Å². The summed E-state index contributed by atoms with van der Waals surface area (Å²) < 4.78 is 5.58. The van der Waals surface area contributed by atoms with E-state index in [0.717, 1.165) is 18.7 Å². The van der Waals surface area contributed by atoms with Crippen LogP contribution in [0.25, 0.3) is 0 Å². The Balaban J connectivity index is 2.05. The molecule has 0 spiro atoms. The van der Waals surface area contributed by atoms with E-state index in [1.54, 1.807) is 19.0 Å². The molecular weight excluding hydrogens is 252 g/mol. The van der Waals surface area contributed by atoms with E-state index in [-0.39, 0.29) is 12.5 Å². The summed E-state index contributed by atoms with van der Waals surface area (Å²) in [6, 6.07) is 6.65. The van der Waals surface area contributed by atoms with E-state index in [1.807, 2.05) is 6.07 Å². The first kappa shape index (κ1) is 14.9. The Morgan fingerprint density at radius 3 is 2.95 bits per heavy atom. The number of carbonyl (C=O) groups is 1. The zero-order chi connectivity index (χ0) is 14.5. The lowest BCUT2D eigenvalue weighted by molar-refractivity contribution is -0.130. The molecule has 0 bridgehead atoms. The van der Waals surface area contributed by atoms with Gasteiger partial charge in [-0.1, -0.05) is 13.0 Å². The summed E-state index contributed by atoms with van der Waals surface area (Å²) >= 11 is 0. The fourth-order valence-electron chi connectivity index (χ4n) is 2.61. The largest absolute Gasteiger partial charge is 0.484 e. The van der Waals surface area contributed by atoms with Crippen LogP contribution in [0.15, 0.2) is 18.2 Å². The fourth-order valence-corrected chi connectivity index (χ4v) is 2.61. The first-order valence-corrected chi connectivity index (χ1v) is 7.31. The van der Waals surface area contributed by atoms with Crippen LogP contribution in [0, 0.1) is 0 Å². The van der Waals surface area contributed by atoms with Crippen LogP contribution in [0.2, 0.25) is 0 Å². The van der Waals surface area contributed by atoms with Crippen molar-refractivity contribution in [3.8, 4) is 5.75 Å². The van der Waals surface area contributed by atoms with Gasteiger partial charge in [-0.05, 0) is 49.1 Å². The molecule has 0 saturated carbocycles. The summed E-state index contributed by atoms with van der Waals surface area (Å²) in [4.78, 5) is 13.1. The van der Waals surface area contributed by atoms with E-state index in [4.69, 9.17) is 4.74 Å². The lowest BCUT2D eigenvalue weighted by Gasteiger charge is -2.26. The van der Waals surface area contributed by atoms with Gasteiger partial charge in [-0.3, -0.25) is 4.79 Å². The number of amides is 1. The van der Waals surface area contributed by atoms with Crippen LogP contribution in [-0.2, 0) is 11.2 Å². The third-order valence-electron chi connectivity index (χ3n) is 3.74. The molecule has 4 nitrogen and oxygen atoms in total. The first-order chi connectivity index (χ1) is 9.61. The van der Waals surface area contributed by atoms with Crippen LogP contribution in [0.3, 0.4) is 0 Å². The number of fused-ring (bicyclic) bond motifs is 1. The Morgan fingerprint density at radius 2 is 2.25 bits per heavy atom. The van der Waals surface area contributed by atoms with Gasteiger partial charge in [0.15, 0.2) is 6.61 Å². The first-order valence-electron chi connectivity index (χ1n) is 7.31. The second-order valence-electron chi connectivity index (χ2n) is 5.44. The number of carbonyl (C=O) groups excluding carboxylic acids is 1. The van der Waals surface area contributed by atoms with Gasteiger partial charge in [-0.25, -0.2) is 0 Å². The van der Waals surface area contributed by atoms with Crippen molar-refractivity contribution in [2.75, 3.05) is 27.2 Å². The molecule has 1 aromatic carbocycles. The van der Waals surface area contributed by atoms with E-state index >= 15 is 0 Å². The van der Waals surface area contributed by atoms with Crippen molar-refractivity contribution < 1.29 is 9.53 Å². The highest BCUT2D eigenvalue weighted by Gasteiger charge is 2.19. The number of ether oxygens (including phenoxy) is 1. The summed E-state index contributed by atoms with van der Waals surface area (Å²) in [5, 5.41) is 3.52. The molecule has 0 aliphatic heterocycles. The summed E-state index contributed by atoms with van der Waals surface area (Å²) in [7, 11) is 3.47. The highest BCUT2D eigenvalue weighted by Crippen LogP contribution is 2.32. The van der Waals surface area contributed by atoms with Gasteiger partial charge in [0, 0.05) is 20.1 Å². The summed E-state index contributed by atoms with van der Waals surface area (Å²) in [6.07, 6.45) is 3.49. The number of likely N-dealkylation sites (N-methyl/N-ethyl adjacent to an activating group) is 1. The van der Waals surface area contributed by atoms with Gasteiger partial charge in [-0.2, -0.15) is 0 Å². The summed E-state index contributed by atoms with van der Waals surface area (Å²) in [5.41, 5.74) is 2.72. The molecule has 1 unspecified atom stereocenters. The molecular formula is C16H24N2O2. The van der Waals surface area contributed by atoms with Gasteiger partial charge in [0.05, 0.1) is 0 Å². The molecule has 1 aliphatic carbocycles. The SMILES string of the molecule is CCNC1CCCc2cc(OCC(=O)N(C)C)ccc21. The maximum atomic E-state index is 11.5. The van der Waals surface area contributed by atoms with E-state index in [2.05, 4.69) is 24.4 Å². The molecule has 2 rings (SSSR count). The molecule has 20 heavy (non-hydrogen) atoms. The van der Waals surface area contributed by atoms with Gasteiger partial charge in [0.25, 0.3) is 5.91 Å². The summed E-state index contributed by atoms with van der Waals surface area (Å²) in [5.74, 6) is 0.768. The maximum Gasteiger partial charge on any atom is 0.259 e. The van der Waals surface area contributed by atoms with Crippen molar-refractivity contribution in [2.24, 2.45) is 0 Å². The molecule has 0 fully saturated rings. The molecule has 0 heterocycles. The average molecular weight is 276 g/mol. The number of rotatable bonds is 5. The molecule has 1 atom stereocenters. The van der Waals surface area contributed by atoms with Gasteiger partial charge in [0.1, 0.15) is 5.75 Å². The minimum absolute atomic E-state index is 0.0201.